The molecule has 3 nitrogen and oxygen atoms in total. The Labute approximate surface area is 129 Å². The first-order valence-corrected chi connectivity index (χ1v) is 8.03. The van der Waals surface area contributed by atoms with Gasteiger partial charge in [-0.05, 0) is 54.9 Å². The standard InChI is InChI=1S/C17H19ClN2O/c1-10-2-3-14(19-9-10)11-6-12-8-17(4-5-17)16(21)20-15(12)13(18)7-11/h3,6-7,10,19H,2,4-5,8-9H2,1H3,(H,20,21)/t10-/m0/s1. The molecule has 4 rings (SSSR count). The van der Waals surface area contributed by atoms with Gasteiger partial charge in [0, 0.05) is 12.2 Å². The summed E-state index contributed by atoms with van der Waals surface area (Å²) in [5.74, 6) is 0.823. The lowest BCUT2D eigenvalue weighted by atomic mass is 9.88. The van der Waals surface area contributed by atoms with Crippen molar-refractivity contribution in [2.45, 2.75) is 32.6 Å². The second kappa shape index (κ2) is 4.51. The summed E-state index contributed by atoms with van der Waals surface area (Å²) >= 11 is 6.40. The number of fused-ring (bicyclic) bond motifs is 1. The van der Waals surface area contributed by atoms with E-state index in [0.717, 1.165) is 43.5 Å². The third kappa shape index (κ3) is 2.15. The lowest BCUT2D eigenvalue weighted by molar-refractivity contribution is -0.121. The minimum absolute atomic E-state index is 0.141. The number of carbonyl (C=O) groups excluding carboxylic acids is 1. The molecule has 110 valence electrons. The van der Waals surface area contributed by atoms with Crippen LogP contribution in [0.2, 0.25) is 5.02 Å². The number of anilines is 1. The minimum Gasteiger partial charge on any atom is -0.385 e. The zero-order chi connectivity index (χ0) is 14.6. The number of amides is 1. The molecule has 1 atom stereocenters. The van der Waals surface area contributed by atoms with Gasteiger partial charge in [-0.15, -0.1) is 0 Å². The van der Waals surface area contributed by atoms with Gasteiger partial charge in [0.05, 0.1) is 16.1 Å². The van der Waals surface area contributed by atoms with Crippen molar-refractivity contribution in [3.05, 3.63) is 34.4 Å². The number of halogens is 1. The lowest BCUT2D eigenvalue weighted by Crippen LogP contribution is -2.31. The molecule has 1 aromatic rings. The molecule has 1 aromatic carbocycles. The van der Waals surface area contributed by atoms with Gasteiger partial charge in [-0.1, -0.05) is 24.6 Å². The number of allylic oxidation sites excluding steroid dienone is 1. The topological polar surface area (TPSA) is 41.1 Å². The Hall–Kier alpha value is -1.48. The van der Waals surface area contributed by atoms with Crippen LogP contribution in [0.5, 0.6) is 0 Å². The van der Waals surface area contributed by atoms with Crippen LogP contribution in [-0.2, 0) is 11.2 Å². The summed E-state index contributed by atoms with van der Waals surface area (Å²) in [5, 5.41) is 7.13. The van der Waals surface area contributed by atoms with Crippen molar-refractivity contribution >= 4 is 28.9 Å². The van der Waals surface area contributed by atoms with Crippen LogP contribution in [0.4, 0.5) is 5.69 Å². The van der Waals surface area contributed by atoms with Crippen molar-refractivity contribution in [2.24, 2.45) is 11.3 Å². The van der Waals surface area contributed by atoms with E-state index in [-0.39, 0.29) is 11.3 Å². The highest BCUT2D eigenvalue weighted by atomic mass is 35.5. The number of rotatable bonds is 1. The van der Waals surface area contributed by atoms with Gasteiger partial charge in [0.1, 0.15) is 0 Å². The molecule has 4 heteroatoms. The summed E-state index contributed by atoms with van der Waals surface area (Å²) in [6, 6.07) is 4.15. The molecule has 0 radical (unpaired) electrons. The number of carbonyl (C=O) groups is 1. The molecule has 0 unspecified atom stereocenters. The third-order valence-electron chi connectivity index (χ3n) is 4.95. The third-order valence-corrected chi connectivity index (χ3v) is 5.25. The highest BCUT2D eigenvalue weighted by molar-refractivity contribution is 6.34. The van der Waals surface area contributed by atoms with Gasteiger partial charge in [-0.2, -0.15) is 0 Å². The van der Waals surface area contributed by atoms with E-state index in [4.69, 9.17) is 11.6 Å². The number of hydrogen-bond donors (Lipinski definition) is 2. The van der Waals surface area contributed by atoms with Crippen molar-refractivity contribution in [3.8, 4) is 0 Å². The maximum Gasteiger partial charge on any atom is 0.230 e. The largest absolute Gasteiger partial charge is 0.385 e. The highest BCUT2D eigenvalue weighted by Crippen LogP contribution is 2.53. The Bertz CT molecular complexity index is 661. The molecule has 0 aromatic heterocycles. The van der Waals surface area contributed by atoms with Crippen molar-refractivity contribution in [1.82, 2.24) is 5.32 Å². The first-order valence-electron chi connectivity index (χ1n) is 7.66. The fourth-order valence-corrected chi connectivity index (χ4v) is 3.61. The number of hydrogen-bond acceptors (Lipinski definition) is 2. The van der Waals surface area contributed by atoms with Gasteiger partial charge < -0.3 is 10.6 Å². The molecule has 3 aliphatic rings. The SMILES string of the molecule is C[C@H]1CC=C(c2cc(Cl)c3c(c2)CC2(CC2)C(=O)N3)NC1. The normalized spacial score (nSPS) is 25.7. The van der Waals surface area contributed by atoms with E-state index in [1.807, 2.05) is 6.07 Å². The van der Waals surface area contributed by atoms with E-state index < -0.39 is 0 Å². The van der Waals surface area contributed by atoms with Gasteiger partial charge in [-0.3, -0.25) is 4.79 Å². The molecule has 0 saturated heterocycles. The zero-order valence-electron chi connectivity index (χ0n) is 12.1. The van der Waals surface area contributed by atoms with Crippen LogP contribution in [0.15, 0.2) is 18.2 Å². The molecule has 2 aliphatic heterocycles. The zero-order valence-corrected chi connectivity index (χ0v) is 12.9. The molecule has 1 saturated carbocycles. The van der Waals surface area contributed by atoms with Crippen LogP contribution in [0.25, 0.3) is 5.70 Å². The average Bonchev–Trinajstić information content (AvgIpc) is 3.22. The Morgan fingerprint density at radius 3 is 2.81 bits per heavy atom. The van der Waals surface area contributed by atoms with Crippen LogP contribution < -0.4 is 10.6 Å². The quantitative estimate of drug-likeness (QED) is 0.832. The molecule has 21 heavy (non-hydrogen) atoms. The van der Waals surface area contributed by atoms with Crippen molar-refractivity contribution < 1.29 is 4.79 Å². The fraction of sp³-hybridized carbons (Fsp3) is 0.471. The first kappa shape index (κ1) is 13.2. The van der Waals surface area contributed by atoms with Gasteiger partial charge >= 0.3 is 0 Å². The van der Waals surface area contributed by atoms with E-state index >= 15 is 0 Å². The average molecular weight is 303 g/mol. The van der Waals surface area contributed by atoms with Crippen LogP contribution in [0, 0.1) is 11.3 Å². The van der Waals surface area contributed by atoms with E-state index in [1.54, 1.807) is 0 Å². The lowest BCUT2D eigenvalue weighted by Gasteiger charge is -2.27. The summed E-state index contributed by atoms with van der Waals surface area (Å²) in [7, 11) is 0. The second-order valence-electron chi connectivity index (χ2n) is 6.74. The van der Waals surface area contributed by atoms with Crippen LogP contribution >= 0.6 is 11.6 Å². The molecule has 1 spiro atoms. The van der Waals surface area contributed by atoms with E-state index in [0.29, 0.717) is 10.9 Å². The molecule has 0 bridgehead atoms. The Morgan fingerprint density at radius 1 is 1.33 bits per heavy atom. The summed E-state index contributed by atoms with van der Waals surface area (Å²) in [4.78, 5) is 12.1. The van der Waals surface area contributed by atoms with Crippen molar-refractivity contribution in [1.29, 1.82) is 0 Å². The van der Waals surface area contributed by atoms with E-state index in [1.165, 1.54) is 11.3 Å². The summed E-state index contributed by atoms with van der Waals surface area (Å²) in [6.45, 7) is 3.24. The monoisotopic (exact) mass is 302 g/mol. The molecular formula is C17H19ClN2O. The molecular weight excluding hydrogens is 284 g/mol. The number of nitrogens with one attached hydrogen (secondary N) is 2. The van der Waals surface area contributed by atoms with Crippen molar-refractivity contribution in [3.63, 3.8) is 0 Å². The van der Waals surface area contributed by atoms with Gasteiger partial charge in [0.25, 0.3) is 0 Å². The maximum absolute atomic E-state index is 12.1. The minimum atomic E-state index is -0.141. The van der Waals surface area contributed by atoms with Gasteiger partial charge in [-0.25, -0.2) is 0 Å². The molecule has 1 fully saturated rings. The predicted molar refractivity (Wildman–Crippen MR) is 85.2 cm³/mol. The molecule has 2 N–H and O–H groups in total. The Balaban J connectivity index is 1.72. The number of benzene rings is 1. The smallest absolute Gasteiger partial charge is 0.230 e. The highest BCUT2D eigenvalue weighted by Gasteiger charge is 2.52. The summed E-state index contributed by atoms with van der Waals surface area (Å²) < 4.78 is 0. The summed E-state index contributed by atoms with van der Waals surface area (Å²) in [6.07, 6.45) is 6.17. The van der Waals surface area contributed by atoms with Crippen LogP contribution in [0.3, 0.4) is 0 Å². The van der Waals surface area contributed by atoms with Gasteiger partial charge in [0.2, 0.25) is 5.91 Å². The van der Waals surface area contributed by atoms with Crippen molar-refractivity contribution in [2.75, 3.05) is 11.9 Å². The molecule has 1 amide bonds. The Morgan fingerprint density at radius 2 is 2.14 bits per heavy atom. The Kier molecular flexibility index (Phi) is 2.83. The fourth-order valence-electron chi connectivity index (χ4n) is 3.32. The molecule has 1 aliphatic carbocycles. The second-order valence-corrected chi connectivity index (χ2v) is 7.15. The van der Waals surface area contributed by atoms with Crippen LogP contribution in [0.1, 0.15) is 37.3 Å². The maximum atomic E-state index is 12.1. The predicted octanol–water partition coefficient (Wildman–Crippen LogP) is 3.59. The molecule has 2 heterocycles. The summed E-state index contributed by atoms with van der Waals surface area (Å²) in [5.41, 5.74) is 4.15. The van der Waals surface area contributed by atoms with E-state index in [2.05, 4.69) is 29.7 Å². The van der Waals surface area contributed by atoms with E-state index in [9.17, 15) is 4.79 Å². The van der Waals surface area contributed by atoms with Crippen LogP contribution in [-0.4, -0.2) is 12.5 Å². The first-order chi connectivity index (χ1) is 10.1. The van der Waals surface area contributed by atoms with Gasteiger partial charge in [0.15, 0.2) is 0 Å².